The van der Waals surface area contributed by atoms with E-state index in [0.29, 0.717) is 0 Å². The first-order chi connectivity index (χ1) is 13.8. The summed E-state index contributed by atoms with van der Waals surface area (Å²) in [6.45, 7) is 0. The molecule has 0 aromatic carbocycles. The zero-order valence-electron chi connectivity index (χ0n) is 15.0. The molecule has 30 heavy (non-hydrogen) atoms. The van der Waals surface area contributed by atoms with Crippen molar-refractivity contribution >= 4 is 67.5 Å². The summed E-state index contributed by atoms with van der Waals surface area (Å²) in [5.41, 5.74) is 0.999. The molecule has 160 valence electrons. The fraction of sp³-hybridized carbons (Fsp3) is 0.250. The van der Waals surface area contributed by atoms with E-state index in [9.17, 15) is 26.3 Å². The van der Waals surface area contributed by atoms with Gasteiger partial charge < -0.3 is 9.13 Å². The molecule has 0 aliphatic carbocycles. The minimum atomic E-state index is -4.44. The van der Waals surface area contributed by atoms with Crippen molar-refractivity contribution in [3.05, 3.63) is 43.3 Å². The Morgan fingerprint density at radius 1 is 0.700 bits per heavy atom. The molecule has 0 N–H and O–H groups in total. The Labute approximate surface area is 192 Å². The zero-order valence-corrected chi connectivity index (χ0v) is 19.3. The maximum absolute atomic E-state index is 12.5. The predicted octanol–water partition coefficient (Wildman–Crippen LogP) is 5.18. The smallest absolute Gasteiger partial charge is 0.308 e. The summed E-state index contributed by atoms with van der Waals surface area (Å²) >= 11 is 3.95. The summed E-state index contributed by atoms with van der Waals surface area (Å²) in [5, 5.41) is 0. The van der Waals surface area contributed by atoms with Crippen LogP contribution in [0.5, 0.6) is 0 Å². The van der Waals surface area contributed by atoms with E-state index in [2.05, 4.69) is 19.9 Å². The monoisotopic (exact) mass is 654 g/mol. The highest BCUT2D eigenvalue weighted by molar-refractivity contribution is 14.1. The average molecular weight is 654 g/mol. The van der Waals surface area contributed by atoms with Gasteiger partial charge >= 0.3 is 12.4 Å². The number of rotatable bonds is 0. The predicted molar refractivity (Wildman–Crippen MR) is 112 cm³/mol. The van der Waals surface area contributed by atoms with Crippen molar-refractivity contribution in [2.45, 2.75) is 12.4 Å². The highest BCUT2D eigenvalue weighted by Crippen LogP contribution is 2.31. The molecule has 0 amide bonds. The SMILES string of the molecule is Cn1c(C(F)(F)F)nc2cc(I)cnc21.Cn1c(C(F)(F)F)nc2cc(I)cnc21. The van der Waals surface area contributed by atoms with Crippen molar-refractivity contribution in [2.75, 3.05) is 0 Å². The standard InChI is InChI=1S/2C8H5F3IN3/c2*1-15-6-5(2-4(12)3-13-6)14-7(15)8(9,10)11/h2*2-3H,1H3. The molecule has 4 aromatic heterocycles. The van der Waals surface area contributed by atoms with E-state index in [4.69, 9.17) is 0 Å². The van der Waals surface area contributed by atoms with Crippen LogP contribution in [-0.2, 0) is 26.4 Å². The van der Waals surface area contributed by atoms with Gasteiger partial charge in [-0.05, 0) is 57.3 Å². The second kappa shape index (κ2) is 8.08. The van der Waals surface area contributed by atoms with Crippen molar-refractivity contribution in [2.24, 2.45) is 14.1 Å². The van der Waals surface area contributed by atoms with Crippen LogP contribution in [0.3, 0.4) is 0 Å². The van der Waals surface area contributed by atoms with Gasteiger partial charge in [0.25, 0.3) is 0 Å². The first kappa shape index (κ1) is 23.0. The average Bonchev–Trinajstić information content (AvgIpc) is 3.12. The lowest BCUT2D eigenvalue weighted by atomic mass is 10.4. The van der Waals surface area contributed by atoms with E-state index in [0.717, 1.165) is 16.3 Å². The number of aromatic nitrogens is 6. The van der Waals surface area contributed by atoms with Gasteiger partial charge in [0.2, 0.25) is 11.6 Å². The van der Waals surface area contributed by atoms with Crippen LogP contribution in [0.2, 0.25) is 0 Å². The minimum absolute atomic E-state index is 0.239. The Morgan fingerprint density at radius 2 is 1.03 bits per heavy atom. The van der Waals surface area contributed by atoms with E-state index in [-0.39, 0.29) is 22.3 Å². The molecule has 4 heterocycles. The number of alkyl halides is 6. The normalized spacial score (nSPS) is 12.3. The summed E-state index contributed by atoms with van der Waals surface area (Å²) in [6.07, 6.45) is -5.88. The van der Waals surface area contributed by atoms with Crippen molar-refractivity contribution in [1.82, 2.24) is 29.1 Å². The highest BCUT2D eigenvalue weighted by Gasteiger charge is 2.37. The maximum atomic E-state index is 12.5. The number of fused-ring (bicyclic) bond motifs is 2. The molecule has 0 unspecified atom stereocenters. The molecule has 0 aliphatic heterocycles. The van der Waals surface area contributed by atoms with Crippen LogP contribution < -0.4 is 0 Å². The lowest BCUT2D eigenvalue weighted by Gasteiger charge is -2.04. The molecule has 0 aliphatic rings. The van der Waals surface area contributed by atoms with Crippen LogP contribution in [0.15, 0.2) is 24.5 Å². The van der Waals surface area contributed by atoms with Gasteiger partial charge in [-0.2, -0.15) is 26.3 Å². The first-order valence-electron chi connectivity index (χ1n) is 7.89. The maximum Gasteiger partial charge on any atom is 0.449 e. The molecule has 6 nitrogen and oxygen atoms in total. The molecular formula is C16H10F6I2N6. The van der Waals surface area contributed by atoms with Gasteiger partial charge in [0.15, 0.2) is 11.3 Å². The summed E-state index contributed by atoms with van der Waals surface area (Å²) in [6, 6.07) is 3.14. The quantitative estimate of drug-likeness (QED) is 0.194. The molecule has 0 atom stereocenters. The van der Waals surface area contributed by atoms with E-state index >= 15 is 0 Å². The number of imidazole rings is 2. The van der Waals surface area contributed by atoms with Crippen LogP contribution in [-0.4, -0.2) is 29.1 Å². The van der Waals surface area contributed by atoms with Crippen molar-refractivity contribution in [3.8, 4) is 0 Å². The molecule has 0 bridgehead atoms. The Hall–Kier alpha value is -1.72. The highest BCUT2D eigenvalue weighted by atomic mass is 127. The third-order valence-corrected chi connectivity index (χ3v) is 5.04. The van der Waals surface area contributed by atoms with Crippen LogP contribution in [0.25, 0.3) is 22.3 Å². The van der Waals surface area contributed by atoms with E-state index in [1.54, 1.807) is 12.1 Å². The van der Waals surface area contributed by atoms with E-state index < -0.39 is 24.0 Å². The van der Waals surface area contributed by atoms with Gasteiger partial charge in [-0.3, -0.25) is 0 Å². The van der Waals surface area contributed by atoms with E-state index in [1.165, 1.54) is 26.5 Å². The van der Waals surface area contributed by atoms with Crippen LogP contribution >= 0.6 is 45.2 Å². The first-order valence-corrected chi connectivity index (χ1v) is 10.0. The minimum Gasteiger partial charge on any atom is -0.308 e. The molecule has 0 saturated carbocycles. The van der Waals surface area contributed by atoms with Gasteiger partial charge in [-0.1, -0.05) is 0 Å². The molecular weight excluding hydrogens is 644 g/mol. The number of halogens is 8. The van der Waals surface area contributed by atoms with Crippen molar-refractivity contribution < 1.29 is 26.3 Å². The Morgan fingerprint density at radius 3 is 1.33 bits per heavy atom. The van der Waals surface area contributed by atoms with E-state index in [1.807, 2.05) is 45.2 Å². The van der Waals surface area contributed by atoms with Gasteiger partial charge in [0, 0.05) is 33.6 Å². The van der Waals surface area contributed by atoms with Crippen LogP contribution in [0.4, 0.5) is 26.3 Å². The lowest BCUT2D eigenvalue weighted by molar-refractivity contribution is -0.147. The Balaban J connectivity index is 0.000000171. The number of aryl methyl sites for hydroxylation is 2. The van der Waals surface area contributed by atoms with Gasteiger partial charge in [-0.25, -0.2) is 19.9 Å². The number of pyridine rings is 2. The van der Waals surface area contributed by atoms with Crippen molar-refractivity contribution in [3.63, 3.8) is 0 Å². The van der Waals surface area contributed by atoms with Gasteiger partial charge in [-0.15, -0.1) is 0 Å². The topological polar surface area (TPSA) is 61.4 Å². The lowest BCUT2D eigenvalue weighted by Crippen LogP contribution is -2.12. The van der Waals surface area contributed by atoms with Gasteiger partial charge in [0.1, 0.15) is 11.0 Å². The fourth-order valence-electron chi connectivity index (χ4n) is 2.61. The fourth-order valence-corrected chi connectivity index (χ4v) is 3.48. The molecule has 4 aromatic rings. The zero-order chi connectivity index (χ0) is 22.4. The second-order valence-corrected chi connectivity index (χ2v) is 8.47. The largest absolute Gasteiger partial charge is 0.449 e. The number of hydrogen-bond donors (Lipinski definition) is 0. The van der Waals surface area contributed by atoms with Crippen LogP contribution in [0, 0.1) is 7.14 Å². The molecule has 0 saturated heterocycles. The molecule has 0 radical (unpaired) electrons. The Bertz CT molecular complexity index is 1130. The summed E-state index contributed by atoms with van der Waals surface area (Å²) in [5.74, 6) is -1.85. The number of hydrogen-bond acceptors (Lipinski definition) is 4. The number of nitrogens with zero attached hydrogens (tertiary/aromatic N) is 6. The summed E-state index contributed by atoms with van der Waals surface area (Å²) < 4.78 is 78.3. The molecule has 14 heteroatoms. The third-order valence-electron chi connectivity index (χ3n) is 3.86. The van der Waals surface area contributed by atoms with Crippen LogP contribution in [0.1, 0.15) is 11.6 Å². The van der Waals surface area contributed by atoms with Gasteiger partial charge in [0.05, 0.1) is 0 Å². The summed E-state index contributed by atoms with van der Waals surface area (Å²) in [4.78, 5) is 14.8. The molecule has 0 fully saturated rings. The Kier molecular flexibility index (Phi) is 6.18. The second-order valence-electron chi connectivity index (χ2n) is 5.98. The third kappa shape index (κ3) is 4.62. The molecule has 0 spiro atoms. The van der Waals surface area contributed by atoms with Crippen molar-refractivity contribution in [1.29, 1.82) is 0 Å². The molecule has 4 rings (SSSR count). The summed E-state index contributed by atoms with van der Waals surface area (Å²) in [7, 11) is 2.61.